The molecule has 0 N–H and O–H groups in total. The second-order valence-corrected chi connectivity index (χ2v) is 7.81. The standard InChI is InChI=1S/C16H16ClFN2O4S/c1-23-15-3-2-11(18)8-16(15)25(21,22)20-7-5-12(10-20)24-14-4-6-19-9-13(14)17/h2-4,6,8-9,12H,5,7,10H2,1H3. The van der Waals surface area contributed by atoms with Crippen molar-refractivity contribution in [1.29, 1.82) is 0 Å². The summed E-state index contributed by atoms with van der Waals surface area (Å²) in [5.41, 5.74) is 0. The third kappa shape index (κ3) is 3.70. The SMILES string of the molecule is COc1ccc(F)cc1S(=O)(=O)N1CCC(Oc2ccncc2Cl)C1. The molecule has 1 aromatic heterocycles. The highest BCUT2D eigenvalue weighted by molar-refractivity contribution is 7.89. The molecule has 0 bridgehead atoms. The Bertz CT molecular complexity index is 878. The summed E-state index contributed by atoms with van der Waals surface area (Å²) < 4.78 is 51.2. The molecule has 9 heteroatoms. The smallest absolute Gasteiger partial charge is 0.246 e. The van der Waals surface area contributed by atoms with Gasteiger partial charge in [-0.25, -0.2) is 12.8 Å². The van der Waals surface area contributed by atoms with E-state index < -0.39 is 15.8 Å². The van der Waals surface area contributed by atoms with E-state index in [1.165, 1.54) is 23.7 Å². The molecule has 1 atom stereocenters. The van der Waals surface area contributed by atoms with E-state index in [9.17, 15) is 12.8 Å². The maximum Gasteiger partial charge on any atom is 0.246 e. The number of ether oxygens (including phenoxy) is 2. The van der Waals surface area contributed by atoms with Crippen molar-refractivity contribution in [3.8, 4) is 11.5 Å². The molecule has 1 unspecified atom stereocenters. The van der Waals surface area contributed by atoms with Crippen LogP contribution < -0.4 is 9.47 Å². The highest BCUT2D eigenvalue weighted by Crippen LogP contribution is 2.31. The Labute approximate surface area is 150 Å². The molecule has 0 radical (unpaired) electrons. The van der Waals surface area contributed by atoms with Crippen LogP contribution in [0.15, 0.2) is 41.6 Å². The first-order valence-corrected chi connectivity index (χ1v) is 9.33. The van der Waals surface area contributed by atoms with Gasteiger partial charge in [-0.05, 0) is 24.6 Å². The molecule has 1 aliphatic rings. The van der Waals surface area contributed by atoms with Crippen LogP contribution in [-0.2, 0) is 10.0 Å². The van der Waals surface area contributed by atoms with Crippen LogP contribution in [-0.4, -0.2) is 44.0 Å². The molecule has 3 rings (SSSR count). The van der Waals surface area contributed by atoms with Gasteiger partial charge < -0.3 is 9.47 Å². The lowest BCUT2D eigenvalue weighted by Crippen LogP contribution is -2.31. The van der Waals surface area contributed by atoms with Crippen molar-refractivity contribution in [3.63, 3.8) is 0 Å². The molecule has 0 spiro atoms. The Morgan fingerprint density at radius 3 is 2.84 bits per heavy atom. The molecule has 25 heavy (non-hydrogen) atoms. The van der Waals surface area contributed by atoms with Gasteiger partial charge in [0.1, 0.15) is 33.3 Å². The van der Waals surface area contributed by atoms with Crippen molar-refractivity contribution in [3.05, 3.63) is 47.5 Å². The lowest BCUT2D eigenvalue weighted by atomic mass is 10.3. The summed E-state index contributed by atoms with van der Waals surface area (Å²) in [5, 5.41) is 0.357. The van der Waals surface area contributed by atoms with Crippen LogP contribution in [0.2, 0.25) is 5.02 Å². The number of aromatic nitrogens is 1. The summed E-state index contributed by atoms with van der Waals surface area (Å²) in [6.45, 7) is 0.399. The summed E-state index contributed by atoms with van der Waals surface area (Å²) in [6.07, 6.45) is 3.14. The first-order valence-electron chi connectivity index (χ1n) is 7.51. The van der Waals surface area contributed by atoms with Crippen LogP contribution in [0.3, 0.4) is 0 Å². The van der Waals surface area contributed by atoms with Gasteiger partial charge in [-0.15, -0.1) is 0 Å². The van der Waals surface area contributed by atoms with Crippen molar-refractivity contribution in [2.75, 3.05) is 20.2 Å². The third-order valence-electron chi connectivity index (χ3n) is 3.88. The van der Waals surface area contributed by atoms with E-state index in [1.54, 1.807) is 12.3 Å². The molecular weight excluding hydrogens is 371 g/mol. The van der Waals surface area contributed by atoms with Crippen LogP contribution in [0.25, 0.3) is 0 Å². The summed E-state index contributed by atoms with van der Waals surface area (Å²) in [6, 6.07) is 5.03. The molecule has 1 fully saturated rings. The Balaban J connectivity index is 1.79. The number of rotatable bonds is 5. The third-order valence-corrected chi connectivity index (χ3v) is 6.05. The minimum absolute atomic E-state index is 0.1000. The van der Waals surface area contributed by atoms with E-state index in [1.807, 2.05) is 0 Å². The molecule has 134 valence electrons. The quantitative estimate of drug-likeness (QED) is 0.790. The average molecular weight is 387 g/mol. The van der Waals surface area contributed by atoms with E-state index in [-0.39, 0.29) is 29.8 Å². The molecule has 1 aliphatic heterocycles. The second kappa shape index (κ2) is 7.15. The molecule has 0 aliphatic carbocycles. The molecule has 0 amide bonds. The molecule has 6 nitrogen and oxygen atoms in total. The summed E-state index contributed by atoms with van der Waals surface area (Å²) >= 11 is 6.00. The Morgan fingerprint density at radius 1 is 1.32 bits per heavy atom. The highest BCUT2D eigenvalue weighted by Gasteiger charge is 2.35. The number of sulfonamides is 1. The van der Waals surface area contributed by atoms with E-state index >= 15 is 0 Å². The van der Waals surface area contributed by atoms with E-state index in [4.69, 9.17) is 21.1 Å². The topological polar surface area (TPSA) is 68.7 Å². The minimum atomic E-state index is -3.90. The maximum absolute atomic E-state index is 13.5. The molecule has 0 saturated carbocycles. The van der Waals surface area contributed by atoms with Gasteiger partial charge in [-0.2, -0.15) is 4.31 Å². The fraction of sp³-hybridized carbons (Fsp3) is 0.312. The van der Waals surface area contributed by atoms with Crippen molar-refractivity contribution in [2.24, 2.45) is 0 Å². The summed E-state index contributed by atoms with van der Waals surface area (Å²) in [4.78, 5) is 3.68. The van der Waals surface area contributed by atoms with Gasteiger partial charge in [0.15, 0.2) is 0 Å². The monoisotopic (exact) mass is 386 g/mol. The predicted molar refractivity (Wildman–Crippen MR) is 90.0 cm³/mol. The van der Waals surface area contributed by atoms with Crippen LogP contribution in [0.5, 0.6) is 11.5 Å². The van der Waals surface area contributed by atoms with Crippen LogP contribution >= 0.6 is 11.6 Å². The summed E-state index contributed by atoms with van der Waals surface area (Å²) in [5.74, 6) is -0.0952. The fourth-order valence-corrected chi connectivity index (χ4v) is 4.46. The van der Waals surface area contributed by atoms with Crippen molar-refractivity contribution in [1.82, 2.24) is 9.29 Å². The first-order chi connectivity index (χ1) is 11.9. The van der Waals surface area contributed by atoms with Gasteiger partial charge in [-0.3, -0.25) is 4.98 Å². The normalized spacial score (nSPS) is 18.3. The number of halogens is 2. The van der Waals surface area contributed by atoms with E-state index in [0.717, 1.165) is 12.1 Å². The van der Waals surface area contributed by atoms with Crippen LogP contribution in [0.1, 0.15) is 6.42 Å². The maximum atomic E-state index is 13.5. The zero-order chi connectivity index (χ0) is 18.0. The van der Waals surface area contributed by atoms with Gasteiger partial charge in [0, 0.05) is 25.0 Å². The number of hydrogen-bond acceptors (Lipinski definition) is 5. The zero-order valence-corrected chi connectivity index (χ0v) is 14.9. The predicted octanol–water partition coefficient (Wildman–Crippen LogP) is 2.72. The van der Waals surface area contributed by atoms with Gasteiger partial charge in [-0.1, -0.05) is 11.6 Å². The Kier molecular flexibility index (Phi) is 5.12. The lowest BCUT2D eigenvalue weighted by Gasteiger charge is -2.19. The Hall–Kier alpha value is -1.90. The number of methoxy groups -OCH3 is 1. The fourth-order valence-electron chi connectivity index (χ4n) is 2.64. The number of benzene rings is 1. The minimum Gasteiger partial charge on any atom is -0.495 e. The van der Waals surface area contributed by atoms with Gasteiger partial charge in [0.2, 0.25) is 10.0 Å². The van der Waals surface area contributed by atoms with E-state index in [0.29, 0.717) is 17.2 Å². The van der Waals surface area contributed by atoms with Crippen LogP contribution in [0, 0.1) is 5.82 Å². The highest BCUT2D eigenvalue weighted by atomic mass is 35.5. The number of hydrogen-bond donors (Lipinski definition) is 0. The molecular formula is C16H16ClFN2O4S. The van der Waals surface area contributed by atoms with Gasteiger partial charge in [0.25, 0.3) is 0 Å². The average Bonchev–Trinajstić information content (AvgIpc) is 3.06. The van der Waals surface area contributed by atoms with Gasteiger partial charge >= 0.3 is 0 Å². The molecule has 1 aromatic carbocycles. The van der Waals surface area contributed by atoms with E-state index in [2.05, 4.69) is 4.98 Å². The molecule has 1 saturated heterocycles. The van der Waals surface area contributed by atoms with Crippen LogP contribution in [0.4, 0.5) is 4.39 Å². The summed E-state index contributed by atoms with van der Waals surface area (Å²) in [7, 11) is -2.56. The van der Waals surface area contributed by atoms with Crippen molar-refractivity contribution >= 4 is 21.6 Å². The largest absolute Gasteiger partial charge is 0.495 e. The number of pyridine rings is 1. The van der Waals surface area contributed by atoms with Crippen molar-refractivity contribution < 1.29 is 22.3 Å². The number of nitrogens with zero attached hydrogens (tertiary/aromatic N) is 2. The van der Waals surface area contributed by atoms with Crippen molar-refractivity contribution in [2.45, 2.75) is 17.4 Å². The zero-order valence-electron chi connectivity index (χ0n) is 13.4. The molecule has 2 aromatic rings. The first kappa shape index (κ1) is 17.9. The lowest BCUT2D eigenvalue weighted by molar-refractivity contribution is 0.215. The van der Waals surface area contributed by atoms with Gasteiger partial charge in [0.05, 0.1) is 13.7 Å². The second-order valence-electron chi connectivity index (χ2n) is 5.49. The molecule has 2 heterocycles. The Morgan fingerprint density at radius 2 is 2.12 bits per heavy atom.